The molecule has 1 saturated heterocycles. The monoisotopic (exact) mass is 383 g/mol. The fourth-order valence-corrected chi connectivity index (χ4v) is 4.33. The van der Waals surface area contributed by atoms with Crippen molar-refractivity contribution < 1.29 is 14.3 Å². The normalized spacial score (nSPS) is 27.1. The molecule has 0 spiro atoms. The van der Waals surface area contributed by atoms with E-state index in [0.29, 0.717) is 17.4 Å². The van der Waals surface area contributed by atoms with Crippen molar-refractivity contribution in [2.75, 3.05) is 6.54 Å². The molecule has 0 amide bonds. The zero-order valence-corrected chi connectivity index (χ0v) is 16.7. The van der Waals surface area contributed by atoms with Gasteiger partial charge in [0, 0.05) is 30.6 Å². The minimum atomic E-state index is -0.735. The van der Waals surface area contributed by atoms with Crippen LogP contribution in [0.15, 0.2) is 30.5 Å². The maximum atomic E-state index is 12.7. The van der Waals surface area contributed by atoms with E-state index in [0.717, 1.165) is 50.5 Å². The van der Waals surface area contributed by atoms with Gasteiger partial charge in [0.2, 0.25) is 11.6 Å². The predicted octanol–water partition coefficient (Wildman–Crippen LogP) is 3.85. The van der Waals surface area contributed by atoms with Gasteiger partial charge in [0.25, 0.3) is 0 Å². The van der Waals surface area contributed by atoms with Crippen molar-refractivity contribution in [3.05, 3.63) is 30.5 Å². The maximum Gasteiger partial charge on any atom is 0.310 e. The van der Waals surface area contributed by atoms with Crippen molar-refractivity contribution in [3.63, 3.8) is 0 Å². The molecule has 0 aromatic carbocycles. The average Bonchev–Trinajstić information content (AvgIpc) is 3.25. The summed E-state index contributed by atoms with van der Waals surface area (Å²) in [5, 5.41) is 4.39. The third-order valence-electron chi connectivity index (χ3n) is 5.98. The van der Waals surface area contributed by atoms with E-state index in [4.69, 9.17) is 9.47 Å². The summed E-state index contributed by atoms with van der Waals surface area (Å²) >= 11 is 0. The van der Waals surface area contributed by atoms with Gasteiger partial charge in [0.15, 0.2) is 11.8 Å². The lowest BCUT2D eigenvalue weighted by molar-refractivity contribution is -0.176. The maximum absolute atomic E-state index is 12.7. The Morgan fingerprint density at radius 3 is 3.07 bits per heavy atom. The largest absolute Gasteiger partial charge is 0.468 e. The Morgan fingerprint density at radius 1 is 1.36 bits per heavy atom. The molecular weight excluding hydrogens is 354 g/mol. The molecule has 150 valence electrons. The van der Waals surface area contributed by atoms with E-state index in [1.165, 1.54) is 0 Å². The van der Waals surface area contributed by atoms with Gasteiger partial charge in [-0.1, -0.05) is 33.1 Å². The first-order valence-corrected chi connectivity index (χ1v) is 10.5. The van der Waals surface area contributed by atoms with Crippen LogP contribution in [0.1, 0.15) is 52.4 Å². The van der Waals surface area contributed by atoms with Crippen LogP contribution < -0.4 is 10.1 Å². The molecule has 1 unspecified atom stereocenters. The first-order chi connectivity index (χ1) is 13.6. The Labute approximate surface area is 166 Å². The fourth-order valence-electron chi connectivity index (χ4n) is 4.33. The van der Waals surface area contributed by atoms with Crippen LogP contribution in [0.5, 0.6) is 5.88 Å². The molecule has 0 radical (unpaired) electrons. The number of pyridine rings is 2. The van der Waals surface area contributed by atoms with Crippen LogP contribution in [0.25, 0.3) is 11.0 Å². The molecule has 28 heavy (non-hydrogen) atoms. The third-order valence-corrected chi connectivity index (χ3v) is 5.98. The Kier molecular flexibility index (Phi) is 5.49. The Morgan fingerprint density at radius 2 is 2.25 bits per heavy atom. The minimum absolute atomic E-state index is 0.0916. The van der Waals surface area contributed by atoms with Gasteiger partial charge in [-0.15, -0.1) is 0 Å². The predicted molar refractivity (Wildman–Crippen MR) is 107 cm³/mol. The van der Waals surface area contributed by atoms with Gasteiger partial charge in [-0.25, -0.2) is 4.98 Å². The number of nitrogens with zero attached hydrogens (tertiary/aromatic N) is 2. The standard InChI is InChI=1S/C22H29N3O3/c1-3-4-5-7-15(2)21(26)28-22-13-16(14-24-22)12-18(22)27-19-10-9-17-8-6-11-23-20(17)25-19/h6,8-11,15-16,18,24H,3-5,7,12-14H2,1-2H3/t15?,16-,18-,22+/m1/s1. The SMILES string of the molecule is CCCCCC(C)C(=O)O[C@]12C[C@H](CN1)C[C@H]2Oc1ccc2cccnc2n1. The zero-order chi connectivity index (χ0) is 19.6. The zero-order valence-electron chi connectivity index (χ0n) is 16.7. The number of unbranched alkanes of at least 4 members (excludes halogenated alkanes) is 2. The lowest BCUT2D eigenvalue weighted by Crippen LogP contribution is -2.56. The summed E-state index contributed by atoms with van der Waals surface area (Å²) < 4.78 is 12.2. The number of esters is 1. The van der Waals surface area contributed by atoms with Crippen LogP contribution in [0, 0.1) is 11.8 Å². The molecule has 2 fully saturated rings. The number of piperidine rings is 1. The van der Waals surface area contributed by atoms with E-state index >= 15 is 0 Å². The lowest BCUT2D eigenvalue weighted by Gasteiger charge is -2.35. The number of hydrogen-bond acceptors (Lipinski definition) is 6. The molecule has 1 aliphatic heterocycles. The van der Waals surface area contributed by atoms with Crippen LogP contribution in [-0.4, -0.2) is 34.3 Å². The van der Waals surface area contributed by atoms with Gasteiger partial charge in [0.05, 0.1) is 5.92 Å². The molecule has 2 aliphatic rings. The molecule has 1 saturated carbocycles. The van der Waals surface area contributed by atoms with E-state index in [-0.39, 0.29) is 18.0 Å². The number of rotatable bonds is 8. The third kappa shape index (κ3) is 3.83. The van der Waals surface area contributed by atoms with Crippen molar-refractivity contribution in [1.82, 2.24) is 15.3 Å². The number of hydrogen-bond donors (Lipinski definition) is 1. The second-order valence-electron chi connectivity index (χ2n) is 8.20. The number of aromatic nitrogens is 2. The van der Waals surface area contributed by atoms with Crippen LogP contribution in [0.3, 0.4) is 0 Å². The van der Waals surface area contributed by atoms with Crippen molar-refractivity contribution in [2.24, 2.45) is 11.8 Å². The van der Waals surface area contributed by atoms with Gasteiger partial charge >= 0.3 is 5.97 Å². The molecule has 1 N–H and O–H groups in total. The molecule has 4 rings (SSSR count). The number of carbonyl (C=O) groups is 1. The van der Waals surface area contributed by atoms with E-state index in [2.05, 4.69) is 22.2 Å². The highest BCUT2D eigenvalue weighted by Crippen LogP contribution is 2.43. The second-order valence-corrected chi connectivity index (χ2v) is 8.20. The first kappa shape index (κ1) is 19.1. The summed E-state index contributed by atoms with van der Waals surface area (Å²) in [4.78, 5) is 21.5. The van der Waals surface area contributed by atoms with Crippen LogP contribution in [0.4, 0.5) is 0 Å². The summed E-state index contributed by atoms with van der Waals surface area (Å²) in [7, 11) is 0. The second kappa shape index (κ2) is 8.03. The van der Waals surface area contributed by atoms with Gasteiger partial charge in [-0.2, -0.15) is 4.98 Å². The Bertz CT molecular complexity index is 843. The van der Waals surface area contributed by atoms with Gasteiger partial charge < -0.3 is 9.47 Å². The highest BCUT2D eigenvalue weighted by atomic mass is 16.6. The highest BCUT2D eigenvalue weighted by Gasteiger charge is 2.57. The van der Waals surface area contributed by atoms with Gasteiger partial charge in [-0.05, 0) is 37.0 Å². The van der Waals surface area contributed by atoms with E-state index in [1.807, 2.05) is 31.2 Å². The van der Waals surface area contributed by atoms with Crippen molar-refractivity contribution in [2.45, 2.75) is 64.2 Å². The van der Waals surface area contributed by atoms with E-state index < -0.39 is 5.72 Å². The number of nitrogens with one attached hydrogen (secondary N) is 1. The summed E-state index contributed by atoms with van der Waals surface area (Å²) in [6.07, 6.45) is 7.39. The molecule has 2 aromatic rings. The molecular formula is C22H29N3O3. The average molecular weight is 383 g/mol. The minimum Gasteiger partial charge on any atom is -0.468 e. The summed E-state index contributed by atoms with van der Waals surface area (Å²) in [5.41, 5.74) is -0.0756. The van der Waals surface area contributed by atoms with E-state index in [1.54, 1.807) is 6.20 Å². The van der Waals surface area contributed by atoms with Crippen LogP contribution in [-0.2, 0) is 9.53 Å². The first-order valence-electron chi connectivity index (χ1n) is 10.5. The van der Waals surface area contributed by atoms with Gasteiger partial charge in [-0.3, -0.25) is 10.1 Å². The van der Waals surface area contributed by atoms with Crippen molar-refractivity contribution in [1.29, 1.82) is 0 Å². The van der Waals surface area contributed by atoms with Crippen LogP contribution in [0.2, 0.25) is 0 Å². The molecule has 4 atom stereocenters. The Balaban J connectivity index is 1.45. The van der Waals surface area contributed by atoms with E-state index in [9.17, 15) is 4.79 Å². The number of ether oxygens (including phenoxy) is 2. The molecule has 6 nitrogen and oxygen atoms in total. The number of fused-ring (bicyclic) bond motifs is 3. The highest BCUT2D eigenvalue weighted by molar-refractivity contribution is 5.74. The van der Waals surface area contributed by atoms with Crippen molar-refractivity contribution in [3.8, 4) is 5.88 Å². The molecule has 3 heterocycles. The summed E-state index contributed by atoms with van der Waals surface area (Å²) in [5.74, 6) is 0.766. The molecule has 6 heteroatoms. The topological polar surface area (TPSA) is 73.3 Å². The number of carbonyl (C=O) groups excluding carboxylic acids is 1. The molecule has 1 aliphatic carbocycles. The summed E-state index contributed by atoms with van der Waals surface area (Å²) in [6, 6.07) is 7.68. The fraction of sp³-hybridized carbons (Fsp3) is 0.591. The smallest absolute Gasteiger partial charge is 0.310 e. The Hall–Kier alpha value is -2.21. The molecule has 2 bridgehead atoms. The quantitative estimate of drug-likeness (QED) is 0.551. The van der Waals surface area contributed by atoms with Crippen LogP contribution >= 0.6 is 0 Å². The summed E-state index contributed by atoms with van der Waals surface area (Å²) in [6.45, 7) is 4.99. The van der Waals surface area contributed by atoms with Crippen molar-refractivity contribution >= 4 is 17.0 Å². The lowest BCUT2D eigenvalue weighted by atomic mass is 10.0. The molecule has 2 aromatic heterocycles. The van der Waals surface area contributed by atoms with Gasteiger partial charge in [0.1, 0.15) is 0 Å².